The SMILES string of the molecule is CCN(Cc1ccc2c(c1)OCO2)C(=O)C1CCN(C(=O)C(C)(C)C)CC1. The molecule has 0 aromatic heterocycles. The van der Waals surface area contributed by atoms with Crippen molar-refractivity contribution in [3.8, 4) is 11.5 Å². The van der Waals surface area contributed by atoms with Crippen molar-refractivity contribution in [2.75, 3.05) is 26.4 Å². The molecule has 1 aromatic carbocycles. The van der Waals surface area contributed by atoms with Gasteiger partial charge in [0.15, 0.2) is 11.5 Å². The van der Waals surface area contributed by atoms with Crippen LogP contribution >= 0.6 is 0 Å². The van der Waals surface area contributed by atoms with Gasteiger partial charge in [-0.1, -0.05) is 26.8 Å². The molecule has 1 saturated heterocycles. The maximum atomic E-state index is 13.0. The molecular formula is C21H30N2O4. The first-order chi connectivity index (χ1) is 12.8. The van der Waals surface area contributed by atoms with Gasteiger partial charge >= 0.3 is 0 Å². The molecule has 2 heterocycles. The van der Waals surface area contributed by atoms with E-state index in [1.54, 1.807) is 0 Å². The largest absolute Gasteiger partial charge is 0.454 e. The predicted molar refractivity (Wildman–Crippen MR) is 102 cm³/mol. The molecule has 0 unspecified atom stereocenters. The van der Waals surface area contributed by atoms with Gasteiger partial charge in [-0.15, -0.1) is 0 Å². The number of ether oxygens (including phenoxy) is 2. The fraction of sp³-hybridized carbons (Fsp3) is 0.619. The van der Waals surface area contributed by atoms with Crippen LogP contribution in [0.25, 0.3) is 0 Å². The molecule has 0 N–H and O–H groups in total. The normalized spacial score (nSPS) is 17.1. The summed E-state index contributed by atoms with van der Waals surface area (Å²) in [6.07, 6.45) is 1.47. The fourth-order valence-electron chi connectivity index (χ4n) is 3.67. The second kappa shape index (κ2) is 7.79. The summed E-state index contributed by atoms with van der Waals surface area (Å²) in [6, 6.07) is 5.82. The monoisotopic (exact) mass is 374 g/mol. The van der Waals surface area contributed by atoms with Crippen molar-refractivity contribution in [3.63, 3.8) is 0 Å². The zero-order valence-corrected chi connectivity index (χ0v) is 16.8. The average molecular weight is 374 g/mol. The van der Waals surface area contributed by atoms with Crippen LogP contribution in [0.3, 0.4) is 0 Å². The van der Waals surface area contributed by atoms with Crippen molar-refractivity contribution < 1.29 is 19.1 Å². The Labute approximate surface area is 161 Å². The summed E-state index contributed by atoms with van der Waals surface area (Å²) in [5, 5.41) is 0. The van der Waals surface area contributed by atoms with Crippen molar-refractivity contribution >= 4 is 11.8 Å². The van der Waals surface area contributed by atoms with Gasteiger partial charge in [0.1, 0.15) is 0 Å². The van der Waals surface area contributed by atoms with Crippen LogP contribution in [0.2, 0.25) is 0 Å². The third-order valence-corrected chi connectivity index (χ3v) is 5.28. The summed E-state index contributed by atoms with van der Waals surface area (Å²) < 4.78 is 10.8. The van der Waals surface area contributed by atoms with Gasteiger partial charge in [0.05, 0.1) is 0 Å². The smallest absolute Gasteiger partial charge is 0.231 e. The van der Waals surface area contributed by atoms with Crippen molar-refractivity contribution in [2.24, 2.45) is 11.3 Å². The second-order valence-corrected chi connectivity index (χ2v) is 8.36. The van der Waals surface area contributed by atoms with Crippen molar-refractivity contribution in [1.29, 1.82) is 0 Å². The maximum Gasteiger partial charge on any atom is 0.231 e. The highest BCUT2D eigenvalue weighted by Gasteiger charge is 2.33. The van der Waals surface area contributed by atoms with E-state index in [1.165, 1.54) is 0 Å². The number of carbonyl (C=O) groups excluding carboxylic acids is 2. The highest BCUT2D eigenvalue weighted by Crippen LogP contribution is 2.33. The van der Waals surface area contributed by atoms with Crippen molar-refractivity contribution in [2.45, 2.75) is 47.1 Å². The Morgan fingerprint density at radius 3 is 2.44 bits per heavy atom. The van der Waals surface area contributed by atoms with Gasteiger partial charge in [0.2, 0.25) is 18.6 Å². The van der Waals surface area contributed by atoms with E-state index in [0.29, 0.717) is 26.2 Å². The maximum absolute atomic E-state index is 13.0. The molecule has 148 valence electrons. The molecule has 6 nitrogen and oxygen atoms in total. The number of rotatable bonds is 4. The van der Waals surface area contributed by atoms with Crippen molar-refractivity contribution in [3.05, 3.63) is 23.8 Å². The van der Waals surface area contributed by atoms with E-state index >= 15 is 0 Å². The number of nitrogens with zero attached hydrogens (tertiary/aromatic N) is 2. The van der Waals surface area contributed by atoms with Crippen LogP contribution in [0, 0.1) is 11.3 Å². The summed E-state index contributed by atoms with van der Waals surface area (Å²) in [6.45, 7) is 10.6. The number of likely N-dealkylation sites (tertiary alicyclic amines) is 1. The third kappa shape index (κ3) is 4.37. The molecule has 3 rings (SSSR count). The number of carbonyl (C=O) groups is 2. The summed E-state index contributed by atoms with van der Waals surface area (Å²) in [7, 11) is 0. The van der Waals surface area contributed by atoms with Gasteiger partial charge in [-0.3, -0.25) is 9.59 Å². The summed E-state index contributed by atoms with van der Waals surface area (Å²) in [5.74, 6) is 1.83. The summed E-state index contributed by atoms with van der Waals surface area (Å²) >= 11 is 0. The number of hydrogen-bond donors (Lipinski definition) is 0. The molecule has 1 aromatic rings. The van der Waals surface area contributed by atoms with Crippen LogP contribution in [-0.2, 0) is 16.1 Å². The van der Waals surface area contributed by atoms with Gasteiger partial charge in [-0.05, 0) is 37.5 Å². The molecule has 1 fully saturated rings. The molecule has 2 aliphatic heterocycles. The number of amides is 2. The van der Waals surface area contributed by atoms with E-state index in [1.807, 2.05) is 55.7 Å². The minimum atomic E-state index is -0.369. The molecule has 0 spiro atoms. The van der Waals surface area contributed by atoms with E-state index in [9.17, 15) is 9.59 Å². The lowest BCUT2D eigenvalue weighted by molar-refractivity contribution is -0.145. The van der Waals surface area contributed by atoms with Gasteiger partial charge in [0.25, 0.3) is 0 Å². The fourth-order valence-corrected chi connectivity index (χ4v) is 3.67. The molecule has 0 bridgehead atoms. The van der Waals surface area contributed by atoms with E-state index in [4.69, 9.17) is 9.47 Å². The standard InChI is InChI=1S/C21H30N2O4/c1-5-22(13-15-6-7-17-18(12-15)27-14-26-17)19(24)16-8-10-23(11-9-16)20(25)21(2,3)4/h6-7,12,16H,5,8-11,13-14H2,1-4H3. The topological polar surface area (TPSA) is 59.1 Å². The Morgan fingerprint density at radius 2 is 1.81 bits per heavy atom. The molecule has 0 saturated carbocycles. The number of benzene rings is 1. The summed E-state index contributed by atoms with van der Waals surface area (Å²) in [5.41, 5.74) is 0.667. The van der Waals surface area contributed by atoms with Gasteiger partial charge < -0.3 is 19.3 Å². The van der Waals surface area contributed by atoms with Gasteiger partial charge in [0, 0.05) is 37.5 Å². The first kappa shape index (κ1) is 19.5. The molecule has 2 amide bonds. The number of hydrogen-bond acceptors (Lipinski definition) is 4. The van der Waals surface area contributed by atoms with E-state index in [2.05, 4.69) is 0 Å². The van der Waals surface area contributed by atoms with Gasteiger partial charge in [-0.25, -0.2) is 0 Å². The Bertz CT molecular complexity index is 703. The minimum Gasteiger partial charge on any atom is -0.454 e. The van der Waals surface area contributed by atoms with Crippen molar-refractivity contribution in [1.82, 2.24) is 9.80 Å². The van der Waals surface area contributed by atoms with Crippen LogP contribution < -0.4 is 9.47 Å². The lowest BCUT2D eigenvalue weighted by Crippen LogP contribution is -2.47. The highest BCUT2D eigenvalue weighted by molar-refractivity contribution is 5.82. The zero-order chi connectivity index (χ0) is 19.6. The molecule has 27 heavy (non-hydrogen) atoms. The predicted octanol–water partition coefficient (Wildman–Crippen LogP) is 3.05. The third-order valence-electron chi connectivity index (χ3n) is 5.28. The van der Waals surface area contributed by atoms with E-state index < -0.39 is 0 Å². The van der Waals surface area contributed by atoms with Crippen LogP contribution in [0.5, 0.6) is 11.5 Å². The second-order valence-electron chi connectivity index (χ2n) is 8.36. The summed E-state index contributed by atoms with van der Waals surface area (Å²) in [4.78, 5) is 29.2. The van der Waals surface area contributed by atoms with E-state index in [-0.39, 0.29) is 29.9 Å². The highest BCUT2D eigenvalue weighted by atomic mass is 16.7. The minimum absolute atomic E-state index is 0.0111. The van der Waals surface area contributed by atoms with Gasteiger partial charge in [-0.2, -0.15) is 0 Å². The van der Waals surface area contributed by atoms with Crippen LogP contribution in [-0.4, -0.2) is 48.0 Å². The van der Waals surface area contributed by atoms with Crippen LogP contribution in [0.1, 0.15) is 46.1 Å². The Hall–Kier alpha value is -2.24. The lowest BCUT2D eigenvalue weighted by Gasteiger charge is -2.36. The number of fused-ring (bicyclic) bond motifs is 1. The molecule has 0 atom stereocenters. The quantitative estimate of drug-likeness (QED) is 0.813. The molecule has 0 aliphatic carbocycles. The zero-order valence-electron chi connectivity index (χ0n) is 16.8. The van der Waals surface area contributed by atoms with Crippen LogP contribution in [0.4, 0.5) is 0 Å². The first-order valence-corrected chi connectivity index (χ1v) is 9.76. The average Bonchev–Trinajstić information content (AvgIpc) is 3.12. The molecule has 6 heteroatoms. The first-order valence-electron chi connectivity index (χ1n) is 9.76. The molecule has 2 aliphatic rings. The Kier molecular flexibility index (Phi) is 5.63. The molecule has 0 radical (unpaired) electrons. The molecular weight excluding hydrogens is 344 g/mol. The van der Waals surface area contributed by atoms with E-state index in [0.717, 1.165) is 29.9 Å². The van der Waals surface area contributed by atoms with Crippen LogP contribution in [0.15, 0.2) is 18.2 Å². The Balaban J connectivity index is 1.58. The number of piperidine rings is 1. The lowest BCUT2D eigenvalue weighted by atomic mass is 9.90. The Morgan fingerprint density at radius 1 is 1.15 bits per heavy atom.